The van der Waals surface area contributed by atoms with Crippen LogP contribution >= 0.6 is 0 Å². The molecule has 28 heavy (non-hydrogen) atoms. The Hall–Kier alpha value is -3.61. The van der Waals surface area contributed by atoms with Crippen molar-refractivity contribution in [3.05, 3.63) is 75.1 Å². The fraction of sp³-hybridized carbons (Fsp3) is 0.190. The van der Waals surface area contributed by atoms with Crippen LogP contribution in [-0.2, 0) is 16.0 Å². The highest BCUT2D eigenvalue weighted by atomic mass is 16.4. The lowest BCUT2D eigenvalue weighted by Gasteiger charge is -2.20. The van der Waals surface area contributed by atoms with Crippen LogP contribution in [0.15, 0.2) is 51.7 Å². The number of fused-ring (bicyclic) bond motifs is 1. The molecule has 0 aliphatic carbocycles. The van der Waals surface area contributed by atoms with Crippen LogP contribution in [0.25, 0.3) is 11.0 Å². The molecule has 3 rings (SSSR count). The largest absolute Gasteiger partial charge is 0.548 e. The molecular formula is C21H18NO6-. The van der Waals surface area contributed by atoms with Crippen LogP contribution in [0.1, 0.15) is 28.3 Å². The minimum atomic E-state index is -1.45. The van der Waals surface area contributed by atoms with Gasteiger partial charge in [-0.2, -0.15) is 0 Å². The van der Waals surface area contributed by atoms with E-state index in [0.29, 0.717) is 22.1 Å². The summed E-state index contributed by atoms with van der Waals surface area (Å²) >= 11 is 0. The van der Waals surface area contributed by atoms with Gasteiger partial charge in [0.15, 0.2) is 0 Å². The normalized spacial score (nSPS) is 11.9. The van der Waals surface area contributed by atoms with Crippen molar-refractivity contribution in [2.45, 2.75) is 26.3 Å². The zero-order valence-electron chi connectivity index (χ0n) is 15.3. The van der Waals surface area contributed by atoms with Gasteiger partial charge in [0.05, 0.1) is 24.0 Å². The van der Waals surface area contributed by atoms with E-state index < -0.39 is 23.5 Å². The number of phenolic OH excluding ortho intramolecular Hbond substituents is 1. The van der Waals surface area contributed by atoms with Crippen LogP contribution in [0, 0.1) is 13.8 Å². The second-order valence-electron chi connectivity index (χ2n) is 6.49. The Labute approximate surface area is 160 Å². The van der Waals surface area contributed by atoms with E-state index in [1.807, 2.05) is 0 Å². The van der Waals surface area contributed by atoms with Gasteiger partial charge in [0.2, 0.25) is 5.91 Å². The lowest BCUT2D eigenvalue weighted by atomic mass is 10.0. The third kappa shape index (κ3) is 3.59. The van der Waals surface area contributed by atoms with E-state index in [4.69, 9.17) is 4.42 Å². The molecule has 1 amide bonds. The first-order chi connectivity index (χ1) is 13.3. The van der Waals surface area contributed by atoms with Gasteiger partial charge in [-0.15, -0.1) is 0 Å². The van der Waals surface area contributed by atoms with Crippen molar-refractivity contribution in [1.29, 1.82) is 0 Å². The zero-order chi connectivity index (χ0) is 20.4. The van der Waals surface area contributed by atoms with Crippen molar-refractivity contribution in [3.63, 3.8) is 0 Å². The first kappa shape index (κ1) is 19.2. The molecule has 1 heterocycles. The van der Waals surface area contributed by atoms with Crippen molar-refractivity contribution in [2.75, 3.05) is 0 Å². The third-order valence-electron chi connectivity index (χ3n) is 4.69. The van der Waals surface area contributed by atoms with Gasteiger partial charge in [-0.1, -0.05) is 30.3 Å². The van der Waals surface area contributed by atoms with Crippen LogP contribution in [0.2, 0.25) is 0 Å². The third-order valence-corrected chi connectivity index (χ3v) is 4.69. The fourth-order valence-electron chi connectivity index (χ4n) is 3.08. The van der Waals surface area contributed by atoms with Gasteiger partial charge < -0.3 is 24.7 Å². The second-order valence-corrected chi connectivity index (χ2v) is 6.49. The van der Waals surface area contributed by atoms with Crippen molar-refractivity contribution < 1.29 is 24.2 Å². The zero-order valence-corrected chi connectivity index (χ0v) is 15.3. The average molecular weight is 380 g/mol. The number of carbonyl (C=O) groups is 2. The molecule has 0 fully saturated rings. The summed E-state index contributed by atoms with van der Waals surface area (Å²) in [4.78, 5) is 36.3. The highest BCUT2D eigenvalue weighted by Crippen LogP contribution is 2.28. The highest BCUT2D eigenvalue weighted by molar-refractivity contribution is 5.88. The number of phenols is 1. The Kier molecular flexibility index (Phi) is 5.17. The molecule has 7 heteroatoms. The second kappa shape index (κ2) is 7.56. The molecule has 144 valence electrons. The fourth-order valence-corrected chi connectivity index (χ4v) is 3.08. The summed E-state index contributed by atoms with van der Waals surface area (Å²) in [5.41, 5.74) is 0.996. The van der Waals surface area contributed by atoms with Crippen molar-refractivity contribution in [2.24, 2.45) is 0 Å². The summed E-state index contributed by atoms with van der Waals surface area (Å²) in [5, 5.41) is 24.2. The molecule has 2 aromatic carbocycles. The van der Waals surface area contributed by atoms with E-state index in [1.165, 1.54) is 6.07 Å². The Balaban J connectivity index is 1.92. The smallest absolute Gasteiger partial charge is 0.340 e. The van der Waals surface area contributed by atoms with Crippen LogP contribution in [0.4, 0.5) is 0 Å². The van der Waals surface area contributed by atoms with E-state index in [2.05, 4.69) is 5.32 Å². The summed E-state index contributed by atoms with van der Waals surface area (Å²) in [6.45, 7) is 3.29. The minimum absolute atomic E-state index is 0.000189. The molecule has 3 aromatic rings. The molecule has 0 aliphatic heterocycles. The summed E-state index contributed by atoms with van der Waals surface area (Å²) in [6.07, 6.45) is -0.347. The Morgan fingerprint density at radius 3 is 2.43 bits per heavy atom. The number of carboxylic acids is 1. The Bertz CT molecular complexity index is 1120. The number of aromatic hydroxyl groups is 1. The SMILES string of the molecule is Cc1c(CC(=O)N[C@@H](C(=O)[O-])c2ccccc2)c(=O)oc2c(C)c(O)ccc12. The van der Waals surface area contributed by atoms with E-state index in [1.54, 1.807) is 50.2 Å². The maximum Gasteiger partial charge on any atom is 0.340 e. The van der Waals surface area contributed by atoms with Crippen LogP contribution in [0.3, 0.4) is 0 Å². The van der Waals surface area contributed by atoms with Gasteiger partial charge in [-0.3, -0.25) is 4.79 Å². The molecule has 1 atom stereocenters. The number of carbonyl (C=O) groups excluding carboxylic acids is 2. The summed E-state index contributed by atoms with van der Waals surface area (Å²) in [6, 6.07) is 9.90. The number of rotatable bonds is 5. The number of amides is 1. The molecule has 0 saturated carbocycles. The van der Waals surface area contributed by atoms with Gasteiger partial charge >= 0.3 is 5.63 Å². The first-order valence-corrected chi connectivity index (χ1v) is 8.59. The standard InChI is InChI=1S/C21H19NO6/c1-11-14-8-9-16(23)12(2)19(14)28-21(27)15(11)10-17(24)22-18(20(25)26)13-6-4-3-5-7-13/h3-9,18,23H,10H2,1-2H3,(H,22,24)(H,25,26)/p-1/t18-/m1/s1. The van der Waals surface area contributed by atoms with E-state index >= 15 is 0 Å². The Morgan fingerprint density at radius 2 is 1.79 bits per heavy atom. The number of aliphatic carboxylic acids is 1. The molecule has 0 aliphatic rings. The number of hydrogen-bond acceptors (Lipinski definition) is 6. The van der Waals surface area contributed by atoms with E-state index in [-0.39, 0.29) is 23.3 Å². The monoisotopic (exact) mass is 380 g/mol. The number of nitrogens with one attached hydrogen (secondary N) is 1. The molecule has 7 nitrogen and oxygen atoms in total. The maximum absolute atomic E-state index is 12.4. The molecule has 0 unspecified atom stereocenters. The van der Waals surface area contributed by atoms with Crippen molar-refractivity contribution in [1.82, 2.24) is 5.32 Å². The number of carboxylic acid groups (broad SMARTS) is 1. The topological polar surface area (TPSA) is 120 Å². The molecule has 0 spiro atoms. The van der Waals surface area contributed by atoms with E-state index in [9.17, 15) is 24.6 Å². The number of benzene rings is 2. The summed E-state index contributed by atoms with van der Waals surface area (Å²) in [5.74, 6) is -2.10. The molecular weight excluding hydrogens is 362 g/mol. The molecule has 0 bridgehead atoms. The quantitative estimate of drug-likeness (QED) is 0.643. The molecule has 1 aromatic heterocycles. The molecule has 2 N–H and O–H groups in total. The highest BCUT2D eigenvalue weighted by Gasteiger charge is 2.20. The lowest BCUT2D eigenvalue weighted by Crippen LogP contribution is -2.42. The number of aryl methyl sites for hydroxylation is 2. The first-order valence-electron chi connectivity index (χ1n) is 8.59. The van der Waals surface area contributed by atoms with Gasteiger partial charge in [-0.25, -0.2) is 4.79 Å². The summed E-state index contributed by atoms with van der Waals surface area (Å²) in [7, 11) is 0. The number of hydrogen-bond donors (Lipinski definition) is 2. The van der Waals surface area contributed by atoms with E-state index in [0.717, 1.165) is 0 Å². The summed E-state index contributed by atoms with van der Waals surface area (Å²) < 4.78 is 5.30. The average Bonchev–Trinajstić information content (AvgIpc) is 2.67. The van der Waals surface area contributed by atoms with Gasteiger partial charge in [0.25, 0.3) is 0 Å². The lowest BCUT2D eigenvalue weighted by molar-refractivity contribution is -0.308. The van der Waals surface area contributed by atoms with Crippen LogP contribution in [0.5, 0.6) is 5.75 Å². The van der Waals surface area contributed by atoms with Gasteiger partial charge in [0.1, 0.15) is 11.3 Å². The Morgan fingerprint density at radius 1 is 1.11 bits per heavy atom. The van der Waals surface area contributed by atoms with Crippen LogP contribution < -0.4 is 16.0 Å². The van der Waals surface area contributed by atoms with Gasteiger partial charge in [0, 0.05) is 10.9 Å². The minimum Gasteiger partial charge on any atom is -0.548 e. The maximum atomic E-state index is 12.4. The van der Waals surface area contributed by atoms with Crippen molar-refractivity contribution in [3.8, 4) is 5.75 Å². The molecule has 0 radical (unpaired) electrons. The van der Waals surface area contributed by atoms with Crippen molar-refractivity contribution >= 4 is 22.8 Å². The van der Waals surface area contributed by atoms with Crippen LogP contribution in [-0.4, -0.2) is 17.0 Å². The molecule has 0 saturated heterocycles. The predicted octanol–water partition coefficient (Wildman–Crippen LogP) is 1.27. The predicted molar refractivity (Wildman–Crippen MR) is 99.7 cm³/mol. The van der Waals surface area contributed by atoms with Gasteiger partial charge in [-0.05, 0) is 37.1 Å².